The van der Waals surface area contributed by atoms with Crippen LogP contribution in [0.5, 0.6) is 0 Å². The van der Waals surface area contributed by atoms with E-state index in [4.69, 9.17) is 13.6 Å². The summed E-state index contributed by atoms with van der Waals surface area (Å²) in [4.78, 5) is 23.9. The lowest BCUT2D eigenvalue weighted by Crippen LogP contribution is -2.39. The van der Waals surface area contributed by atoms with E-state index in [9.17, 15) is 9.59 Å². The molecule has 0 unspecified atom stereocenters. The van der Waals surface area contributed by atoms with Gasteiger partial charge >= 0.3 is 11.9 Å². The zero-order valence-corrected chi connectivity index (χ0v) is 9.46. The van der Waals surface area contributed by atoms with E-state index in [1.165, 1.54) is 0 Å². The van der Waals surface area contributed by atoms with Crippen molar-refractivity contribution in [2.24, 2.45) is 5.41 Å². The predicted octanol–water partition coefficient (Wildman–Crippen LogP) is 1.92. The Balaban J connectivity index is 5.57. The van der Waals surface area contributed by atoms with E-state index in [0.29, 0.717) is 6.42 Å². The van der Waals surface area contributed by atoms with Gasteiger partial charge < -0.3 is 9.47 Å². The third-order valence-corrected chi connectivity index (χ3v) is 1.87. The van der Waals surface area contributed by atoms with Crippen LogP contribution in [0.1, 0.15) is 44.6 Å². The van der Waals surface area contributed by atoms with Crippen LogP contribution in [0, 0.1) is 5.41 Å². The lowest BCUT2D eigenvalue weighted by atomic mass is 9.86. The minimum Gasteiger partial charge on any atom is -0.465 e. The molecule has 0 N–H and O–H groups in total. The van der Waals surface area contributed by atoms with Crippen LogP contribution in [0.4, 0.5) is 0 Å². The van der Waals surface area contributed by atoms with Crippen LogP contribution in [0.2, 0.25) is 0 Å². The third kappa shape index (κ3) is 3.53. The molecule has 4 nitrogen and oxygen atoms in total. The van der Waals surface area contributed by atoms with Gasteiger partial charge in [0, 0.05) is 4.11 Å². The standard InChI is InChI=1S/C11H20O4/c1-5-8-11(4,9(12)14-6-2)10(13)15-7-3/h5-8H2,1-4H3/i4D3. The highest BCUT2D eigenvalue weighted by Crippen LogP contribution is 2.27. The van der Waals surface area contributed by atoms with Gasteiger partial charge in [0.05, 0.1) is 13.2 Å². The Morgan fingerprint density at radius 3 is 1.87 bits per heavy atom. The summed E-state index contributed by atoms with van der Waals surface area (Å²) in [5.74, 6) is -2.07. The smallest absolute Gasteiger partial charge is 0.323 e. The van der Waals surface area contributed by atoms with Crippen LogP contribution < -0.4 is 0 Å². The zero-order chi connectivity index (χ0) is 14.4. The second-order valence-corrected chi connectivity index (χ2v) is 3.10. The van der Waals surface area contributed by atoms with Crippen LogP contribution in [0.15, 0.2) is 0 Å². The molecule has 0 aromatic heterocycles. The summed E-state index contributed by atoms with van der Waals surface area (Å²) in [5, 5.41) is 0. The van der Waals surface area contributed by atoms with Crippen molar-refractivity contribution >= 4 is 11.9 Å². The Kier molecular flexibility index (Phi) is 3.94. The van der Waals surface area contributed by atoms with Gasteiger partial charge in [0.2, 0.25) is 0 Å². The van der Waals surface area contributed by atoms with E-state index >= 15 is 0 Å². The molecule has 0 bridgehead atoms. The summed E-state index contributed by atoms with van der Waals surface area (Å²) in [7, 11) is 0. The van der Waals surface area contributed by atoms with Gasteiger partial charge in [-0.25, -0.2) is 0 Å². The van der Waals surface area contributed by atoms with E-state index in [1.54, 1.807) is 20.8 Å². The number of hydrogen-bond acceptors (Lipinski definition) is 4. The average molecular weight is 219 g/mol. The molecular weight excluding hydrogens is 196 g/mol. The fourth-order valence-corrected chi connectivity index (χ4v) is 1.17. The lowest BCUT2D eigenvalue weighted by Gasteiger charge is -2.24. The Morgan fingerprint density at radius 1 is 1.13 bits per heavy atom. The Morgan fingerprint density at radius 2 is 1.60 bits per heavy atom. The highest BCUT2D eigenvalue weighted by molar-refractivity contribution is 5.99. The number of carbonyl (C=O) groups is 2. The summed E-state index contributed by atoms with van der Waals surface area (Å²) < 4.78 is 32.0. The van der Waals surface area contributed by atoms with Gasteiger partial charge in [0.1, 0.15) is 0 Å². The molecule has 0 spiro atoms. The topological polar surface area (TPSA) is 52.6 Å². The van der Waals surface area contributed by atoms with E-state index in [1.807, 2.05) is 0 Å². The van der Waals surface area contributed by atoms with Crippen LogP contribution in [-0.2, 0) is 19.1 Å². The van der Waals surface area contributed by atoms with Gasteiger partial charge in [0.25, 0.3) is 0 Å². The zero-order valence-electron chi connectivity index (χ0n) is 12.5. The number of hydrogen-bond donors (Lipinski definition) is 0. The maximum absolute atomic E-state index is 11.9. The van der Waals surface area contributed by atoms with Crippen molar-refractivity contribution < 1.29 is 23.2 Å². The van der Waals surface area contributed by atoms with Gasteiger partial charge in [-0.1, -0.05) is 13.3 Å². The molecule has 4 heteroatoms. The van der Waals surface area contributed by atoms with Crippen LogP contribution >= 0.6 is 0 Å². The molecule has 88 valence electrons. The van der Waals surface area contributed by atoms with Gasteiger partial charge in [0.15, 0.2) is 5.41 Å². The molecule has 0 saturated carbocycles. The number of rotatable bonds is 6. The summed E-state index contributed by atoms with van der Waals surface area (Å²) in [6, 6.07) is 0. The molecule has 0 fully saturated rings. The summed E-state index contributed by atoms with van der Waals surface area (Å²) in [6.07, 6.45) is 0.233. The minimum atomic E-state index is -2.79. The average Bonchev–Trinajstić information content (AvgIpc) is 2.24. The second kappa shape index (κ2) is 6.43. The molecule has 0 heterocycles. The van der Waals surface area contributed by atoms with Crippen molar-refractivity contribution in [1.82, 2.24) is 0 Å². The highest BCUT2D eigenvalue weighted by atomic mass is 16.6. The van der Waals surface area contributed by atoms with E-state index < -0.39 is 24.2 Å². The van der Waals surface area contributed by atoms with Crippen LogP contribution in [0.3, 0.4) is 0 Å². The first-order chi connectivity index (χ1) is 8.27. The molecule has 0 saturated heterocycles. The minimum absolute atomic E-state index is 0.0137. The quantitative estimate of drug-likeness (QED) is 0.506. The van der Waals surface area contributed by atoms with E-state index in [0.717, 1.165) is 0 Å². The molecule has 0 aromatic carbocycles. The molecular formula is C11H20O4. The maximum Gasteiger partial charge on any atom is 0.323 e. The Bertz CT molecular complexity index is 281. The van der Waals surface area contributed by atoms with Crippen molar-refractivity contribution in [2.75, 3.05) is 13.2 Å². The molecule has 0 aliphatic rings. The van der Waals surface area contributed by atoms with Crippen molar-refractivity contribution in [1.29, 1.82) is 0 Å². The monoisotopic (exact) mass is 219 g/mol. The Labute approximate surface area is 95.2 Å². The number of esters is 2. The molecule has 0 aromatic rings. The molecule has 0 aliphatic carbocycles. The summed E-state index contributed by atoms with van der Waals surface area (Å²) >= 11 is 0. The first-order valence-electron chi connectivity index (χ1n) is 6.62. The maximum atomic E-state index is 11.9. The predicted molar refractivity (Wildman–Crippen MR) is 56.3 cm³/mol. The van der Waals surface area contributed by atoms with Crippen molar-refractivity contribution in [2.45, 2.75) is 40.5 Å². The molecule has 0 radical (unpaired) electrons. The fraction of sp³-hybridized carbons (Fsp3) is 0.818. The Hall–Kier alpha value is -1.06. The third-order valence-electron chi connectivity index (χ3n) is 1.87. The normalized spacial score (nSPS) is 14.7. The van der Waals surface area contributed by atoms with E-state index in [2.05, 4.69) is 0 Å². The SMILES string of the molecule is [2H]C([2H])([2H])C(CCC)(C(=O)OCC)C(=O)OCC. The fourth-order valence-electron chi connectivity index (χ4n) is 1.17. The van der Waals surface area contributed by atoms with Gasteiger partial charge in [-0.3, -0.25) is 9.59 Å². The van der Waals surface area contributed by atoms with Crippen molar-refractivity contribution in [3.63, 3.8) is 0 Å². The number of carbonyl (C=O) groups excluding carboxylic acids is 2. The second-order valence-electron chi connectivity index (χ2n) is 3.10. The van der Waals surface area contributed by atoms with Crippen molar-refractivity contribution in [3.8, 4) is 0 Å². The molecule has 15 heavy (non-hydrogen) atoms. The first-order valence-corrected chi connectivity index (χ1v) is 5.12. The summed E-state index contributed by atoms with van der Waals surface area (Å²) in [6.45, 7) is 2.04. The molecule has 0 atom stereocenters. The van der Waals surface area contributed by atoms with Gasteiger partial charge in [-0.2, -0.15) is 0 Å². The van der Waals surface area contributed by atoms with Gasteiger partial charge in [-0.05, 0) is 27.1 Å². The lowest BCUT2D eigenvalue weighted by molar-refractivity contribution is -0.171. The van der Waals surface area contributed by atoms with E-state index in [-0.39, 0.29) is 19.6 Å². The first kappa shape index (κ1) is 9.19. The number of ether oxygens (including phenoxy) is 2. The van der Waals surface area contributed by atoms with Crippen molar-refractivity contribution in [3.05, 3.63) is 0 Å². The molecule has 0 amide bonds. The van der Waals surface area contributed by atoms with Crippen LogP contribution in [0.25, 0.3) is 0 Å². The molecule has 0 aliphatic heterocycles. The highest BCUT2D eigenvalue weighted by Gasteiger charge is 2.43. The summed E-state index contributed by atoms with van der Waals surface area (Å²) in [5.41, 5.74) is -2.21. The van der Waals surface area contributed by atoms with Crippen LogP contribution in [-0.4, -0.2) is 25.2 Å². The molecule has 0 rings (SSSR count). The van der Waals surface area contributed by atoms with Gasteiger partial charge in [-0.15, -0.1) is 0 Å². The largest absolute Gasteiger partial charge is 0.465 e.